The van der Waals surface area contributed by atoms with E-state index in [-0.39, 0.29) is 12.0 Å². The molecule has 0 bridgehead atoms. The molecule has 1 aromatic heterocycles. The fourth-order valence-corrected chi connectivity index (χ4v) is 7.56. The Morgan fingerprint density at radius 2 is 1.62 bits per heavy atom. The van der Waals surface area contributed by atoms with E-state index in [0.29, 0.717) is 11.8 Å². The Bertz CT molecular complexity index is 1210. The number of hydrogen-bond donors (Lipinski definition) is 1. The number of para-hydroxylation sites is 1. The summed E-state index contributed by atoms with van der Waals surface area (Å²) in [6.07, 6.45) is 11.7. The molecule has 1 saturated heterocycles. The molecule has 1 unspecified atom stereocenters. The first-order valence-corrected chi connectivity index (χ1v) is 14.9. The minimum atomic E-state index is 0.231. The maximum atomic E-state index is 13.8. The number of benzene rings is 2. The number of carbonyl (C=O) groups excluding carboxylic acids is 1. The number of rotatable bonds is 5. The molecule has 6 rings (SSSR count). The van der Waals surface area contributed by atoms with Crippen LogP contribution < -0.4 is 0 Å². The molecule has 2 aliphatic heterocycles. The minimum absolute atomic E-state index is 0.231. The van der Waals surface area contributed by atoms with E-state index in [1.165, 1.54) is 71.8 Å². The number of amides is 1. The summed E-state index contributed by atoms with van der Waals surface area (Å²) in [5, 5.41) is 1.41. The van der Waals surface area contributed by atoms with Gasteiger partial charge in [-0.25, -0.2) is 0 Å². The fraction of sp³-hybridized carbons (Fsp3) is 0.545. The number of aryl methyl sites for hydroxylation is 1. The van der Waals surface area contributed by atoms with Gasteiger partial charge >= 0.3 is 0 Å². The van der Waals surface area contributed by atoms with E-state index in [1.54, 1.807) is 0 Å². The number of carbonyl (C=O) groups is 1. The molecule has 0 spiro atoms. The van der Waals surface area contributed by atoms with Crippen molar-refractivity contribution in [1.29, 1.82) is 0 Å². The summed E-state index contributed by atoms with van der Waals surface area (Å²) in [6.45, 7) is 6.50. The van der Waals surface area contributed by atoms with Gasteiger partial charge in [-0.05, 0) is 87.2 Å². The second-order valence-electron chi connectivity index (χ2n) is 11.8. The highest BCUT2D eigenvalue weighted by Gasteiger charge is 2.35. The van der Waals surface area contributed by atoms with Crippen molar-refractivity contribution in [3.63, 3.8) is 0 Å². The number of fused-ring (bicyclic) bond motifs is 2. The number of H-pyrrole nitrogens is 1. The third kappa shape index (κ3) is 5.10. The number of likely N-dealkylation sites (tertiary alicyclic amines) is 1. The van der Waals surface area contributed by atoms with Crippen molar-refractivity contribution >= 4 is 16.8 Å². The Hall–Kier alpha value is -2.59. The minimum Gasteiger partial charge on any atom is -0.358 e. The monoisotopic (exact) mass is 497 g/mol. The normalized spacial score (nSPS) is 22.2. The molecule has 1 aliphatic carbocycles. The van der Waals surface area contributed by atoms with E-state index in [1.807, 2.05) is 0 Å². The van der Waals surface area contributed by atoms with Crippen LogP contribution in [0.15, 0.2) is 48.5 Å². The first-order valence-electron chi connectivity index (χ1n) is 14.9. The summed E-state index contributed by atoms with van der Waals surface area (Å²) in [6, 6.07) is 17.9. The van der Waals surface area contributed by atoms with Gasteiger partial charge in [-0.3, -0.25) is 4.79 Å². The SMILES string of the molecule is Cc1[nH]c2ccccc2c1C1CCN(CCC2c3ccccc3CCN2C(=O)C2CCCCCC2)CC1. The van der Waals surface area contributed by atoms with Crippen molar-refractivity contribution in [3.8, 4) is 0 Å². The molecule has 1 saturated carbocycles. The smallest absolute Gasteiger partial charge is 0.226 e. The maximum Gasteiger partial charge on any atom is 0.226 e. The van der Waals surface area contributed by atoms with Gasteiger partial charge in [-0.15, -0.1) is 0 Å². The van der Waals surface area contributed by atoms with Crippen LogP contribution in [0, 0.1) is 12.8 Å². The average Bonchev–Trinajstić information content (AvgIpc) is 3.08. The van der Waals surface area contributed by atoms with Crippen LogP contribution >= 0.6 is 0 Å². The van der Waals surface area contributed by atoms with Crippen LogP contribution in [0.4, 0.5) is 0 Å². The number of aromatic amines is 1. The van der Waals surface area contributed by atoms with E-state index in [2.05, 4.69) is 70.2 Å². The lowest BCUT2D eigenvalue weighted by atomic mass is 9.86. The third-order valence-electron chi connectivity index (χ3n) is 9.56. The van der Waals surface area contributed by atoms with Gasteiger partial charge in [0.1, 0.15) is 0 Å². The summed E-state index contributed by atoms with van der Waals surface area (Å²) >= 11 is 0. The molecule has 3 aliphatic rings. The average molecular weight is 498 g/mol. The van der Waals surface area contributed by atoms with E-state index < -0.39 is 0 Å². The lowest BCUT2D eigenvalue weighted by Gasteiger charge is -2.41. The van der Waals surface area contributed by atoms with Gasteiger partial charge in [0.05, 0.1) is 6.04 Å². The zero-order chi connectivity index (χ0) is 25.2. The lowest BCUT2D eigenvalue weighted by Crippen LogP contribution is -2.44. The molecule has 0 radical (unpaired) electrons. The fourth-order valence-electron chi connectivity index (χ4n) is 7.56. The Morgan fingerprint density at radius 3 is 2.43 bits per heavy atom. The zero-order valence-corrected chi connectivity index (χ0v) is 22.6. The molecule has 4 heteroatoms. The standard InChI is InChI=1S/C33H43N3O/c1-24-32(29-14-8-9-15-30(29)34-24)26-16-20-35(21-17-26)22-19-31-28-13-7-6-10-25(28)18-23-36(31)33(37)27-11-4-2-3-5-12-27/h6-10,13-15,26-27,31,34H,2-5,11-12,16-23H2,1H3. The molecule has 1 amide bonds. The Morgan fingerprint density at radius 1 is 0.892 bits per heavy atom. The maximum absolute atomic E-state index is 13.8. The highest BCUT2D eigenvalue weighted by Crippen LogP contribution is 2.38. The van der Waals surface area contributed by atoms with Crippen LogP contribution in [0.2, 0.25) is 0 Å². The van der Waals surface area contributed by atoms with Crippen molar-refractivity contribution < 1.29 is 4.79 Å². The van der Waals surface area contributed by atoms with Crippen LogP contribution in [0.1, 0.15) is 92.1 Å². The second-order valence-corrected chi connectivity index (χ2v) is 11.8. The van der Waals surface area contributed by atoms with Crippen molar-refractivity contribution in [2.75, 3.05) is 26.2 Å². The molecular weight excluding hydrogens is 454 g/mol. The van der Waals surface area contributed by atoms with Crippen LogP contribution in [0.3, 0.4) is 0 Å². The van der Waals surface area contributed by atoms with Crippen molar-refractivity contribution in [3.05, 3.63) is 70.9 Å². The number of nitrogens with zero attached hydrogens (tertiary/aromatic N) is 2. The topological polar surface area (TPSA) is 39.3 Å². The van der Waals surface area contributed by atoms with Gasteiger partial charge in [0.25, 0.3) is 0 Å². The van der Waals surface area contributed by atoms with E-state index in [9.17, 15) is 4.79 Å². The van der Waals surface area contributed by atoms with Crippen molar-refractivity contribution in [2.45, 2.75) is 83.1 Å². The largest absolute Gasteiger partial charge is 0.358 e. The predicted molar refractivity (Wildman–Crippen MR) is 152 cm³/mol. The second kappa shape index (κ2) is 11.0. The van der Waals surface area contributed by atoms with Gasteiger partial charge in [-0.2, -0.15) is 0 Å². The molecule has 2 aromatic carbocycles. The molecule has 3 aromatic rings. The molecule has 1 atom stereocenters. The quantitative estimate of drug-likeness (QED) is 0.381. The molecule has 2 fully saturated rings. The van der Waals surface area contributed by atoms with Crippen molar-refractivity contribution in [1.82, 2.24) is 14.8 Å². The van der Waals surface area contributed by atoms with E-state index >= 15 is 0 Å². The number of hydrogen-bond acceptors (Lipinski definition) is 2. The summed E-state index contributed by atoms with van der Waals surface area (Å²) in [5.41, 5.74) is 7.00. The van der Waals surface area contributed by atoms with Gasteiger partial charge in [0.15, 0.2) is 0 Å². The van der Waals surface area contributed by atoms with Gasteiger partial charge in [0.2, 0.25) is 5.91 Å². The summed E-state index contributed by atoms with van der Waals surface area (Å²) < 4.78 is 0. The summed E-state index contributed by atoms with van der Waals surface area (Å²) in [5.74, 6) is 1.32. The molecule has 196 valence electrons. The Kier molecular flexibility index (Phi) is 7.37. The molecular formula is C33H43N3O. The van der Waals surface area contributed by atoms with Crippen LogP contribution in [0.25, 0.3) is 10.9 Å². The molecule has 4 nitrogen and oxygen atoms in total. The van der Waals surface area contributed by atoms with Gasteiger partial charge in [0, 0.05) is 35.6 Å². The van der Waals surface area contributed by atoms with E-state index in [4.69, 9.17) is 0 Å². The lowest BCUT2D eigenvalue weighted by molar-refractivity contribution is -0.139. The summed E-state index contributed by atoms with van der Waals surface area (Å²) in [4.78, 5) is 22.4. The molecule has 3 heterocycles. The van der Waals surface area contributed by atoms with E-state index in [0.717, 1.165) is 51.9 Å². The Labute approximate surface area is 222 Å². The third-order valence-corrected chi connectivity index (χ3v) is 9.56. The summed E-state index contributed by atoms with van der Waals surface area (Å²) in [7, 11) is 0. The highest BCUT2D eigenvalue weighted by molar-refractivity contribution is 5.85. The van der Waals surface area contributed by atoms with Crippen LogP contribution in [-0.4, -0.2) is 46.9 Å². The Balaban J connectivity index is 1.13. The highest BCUT2D eigenvalue weighted by atomic mass is 16.2. The first kappa shape index (κ1) is 24.7. The number of nitrogens with one attached hydrogen (secondary N) is 1. The molecule has 37 heavy (non-hydrogen) atoms. The number of piperidine rings is 1. The van der Waals surface area contributed by atoms with Crippen LogP contribution in [0.5, 0.6) is 0 Å². The van der Waals surface area contributed by atoms with Crippen LogP contribution in [-0.2, 0) is 11.2 Å². The predicted octanol–water partition coefficient (Wildman–Crippen LogP) is 7.14. The van der Waals surface area contributed by atoms with Crippen molar-refractivity contribution in [2.24, 2.45) is 5.92 Å². The zero-order valence-electron chi connectivity index (χ0n) is 22.6. The van der Waals surface area contributed by atoms with Gasteiger partial charge < -0.3 is 14.8 Å². The molecule has 1 N–H and O–H groups in total. The van der Waals surface area contributed by atoms with Gasteiger partial charge in [-0.1, -0.05) is 68.1 Å². The number of aromatic nitrogens is 1. The first-order chi connectivity index (χ1) is 18.2.